The van der Waals surface area contributed by atoms with Crippen molar-refractivity contribution in [2.75, 3.05) is 5.32 Å². The number of aromatic hydroxyl groups is 1. The van der Waals surface area contributed by atoms with Crippen LogP contribution in [0.5, 0.6) is 5.75 Å². The Labute approximate surface area is 97.3 Å². The number of anilines is 1. The lowest BCUT2D eigenvalue weighted by atomic mass is 10.2. The minimum absolute atomic E-state index is 0.127. The van der Waals surface area contributed by atoms with Crippen LogP contribution < -0.4 is 5.32 Å². The number of hydrogen-bond acceptors (Lipinski definition) is 2. The van der Waals surface area contributed by atoms with Crippen LogP contribution in [0, 0.1) is 6.92 Å². The first kappa shape index (κ1) is 11.9. The molecule has 0 spiro atoms. The number of carbonyl (C=O) groups excluding carboxylic acids is 1. The van der Waals surface area contributed by atoms with Crippen molar-refractivity contribution in [3.63, 3.8) is 0 Å². The molecule has 5 heteroatoms. The summed E-state index contributed by atoms with van der Waals surface area (Å²) in [6.45, 7) is 4.96. The molecular weight excluding hydrogens is 237 g/mol. The van der Waals surface area contributed by atoms with Crippen LogP contribution in [0.25, 0.3) is 0 Å². The van der Waals surface area contributed by atoms with Gasteiger partial charge in [0.05, 0.1) is 10.7 Å². The van der Waals surface area contributed by atoms with E-state index in [0.717, 1.165) is 6.08 Å². The van der Waals surface area contributed by atoms with Crippen molar-refractivity contribution in [1.82, 2.24) is 0 Å². The third-order valence-electron chi connectivity index (χ3n) is 1.86. The molecule has 0 saturated carbocycles. The number of phenols is 1. The summed E-state index contributed by atoms with van der Waals surface area (Å²) in [5.41, 5.74) is 0.730. The Balaban J connectivity index is 3.20. The van der Waals surface area contributed by atoms with Gasteiger partial charge in [0.15, 0.2) is 5.75 Å². The van der Waals surface area contributed by atoms with Crippen LogP contribution in [-0.2, 0) is 4.79 Å². The van der Waals surface area contributed by atoms with Crippen LogP contribution in [0.15, 0.2) is 18.7 Å². The zero-order valence-electron chi connectivity index (χ0n) is 7.97. The van der Waals surface area contributed by atoms with Gasteiger partial charge < -0.3 is 10.4 Å². The van der Waals surface area contributed by atoms with E-state index in [0.29, 0.717) is 10.6 Å². The summed E-state index contributed by atoms with van der Waals surface area (Å²) in [7, 11) is 0. The molecular formula is C10H9Cl2NO2. The van der Waals surface area contributed by atoms with Crippen molar-refractivity contribution in [1.29, 1.82) is 0 Å². The van der Waals surface area contributed by atoms with E-state index in [2.05, 4.69) is 11.9 Å². The van der Waals surface area contributed by atoms with Gasteiger partial charge in [-0.2, -0.15) is 0 Å². The predicted octanol–water partition coefficient (Wildman–Crippen LogP) is 3.13. The van der Waals surface area contributed by atoms with Crippen molar-refractivity contribution in [3.8, 4) is 5.75 Å². The fourth-order valence-corrected chi connectivity index (χ4v) is 1.44. The predicted molar refractivity (Wildman–Crippen MR) is 61.7 cm³/mol. The molecule has 0 radical (unpaired) electrons. The minimum atomic E-state index is -0.443. The van der Waals surface area contributed by atoms with E-state index >= 15 is 0 Å². The Bertz CT molecular complexity index is 430. The first-order chi connectivity index (χ1) is 6.97. The van der Waals surface area contributed by atoms with E-state index in [-0.39, 0.29) is 16.5 Å². The van der Waals surface area contributed by atoms with Crippen molar-refractivity contribution < 1.29 is 9.90 Å². The van der Waals surface area contributed by atoms with Gasteiger partial charge in [0.1, 0.15) is 0 Å². The zero-order chi connectivity index (χ0) is 11.6. The van der Waals surface area contributed by atoms with Gasteiger partial charge in [-0.15, -0.1) is 0 Å². The van der Waals surface area contributed by atoms with E-state index in [1.54, 1.807) is 6.92 Å². The number of nitrogens with one attached hydrogen (secondary N) is 1. The van der Waals surface area contributed by atoms with Crippen LogP contribution in [0.3, 0.4) is 0 Å². The lowest BCUT2D eigenvalue weighted by Crippen LogP contribution is -2.07. The number of phenolic OH excluding ortho intramolecular Hbond substituents is 1. The van der Waals surface area contributed by atoms with Gasteiger partial charge in [-0.25, -0.2) is 0 Å². The summed E-state index contributed by atoms with van der Waals surface area (Å²) in [6, 6.07) is 1.43. The fraction of sp³-hybridized carbons (Fsp3) is 0.100. The summed E-state index contributed by atoms with van der Waals surface area (Å²) >= 11 is 11.6. The van der Waals surface area contributed by atoms with Crippen LogP contribution in [0.2, 0.25) is 10.0 Å². The molecule has 2 N–H and O–H groups in total. The number of benzene rings is 1. The van der Waals surface area contributed by atoms with Crippen molar-refractivity contribution in [2.24, 2.45) is 0 Å². The highest BCUT2D eigenvalue weighted by atomic mass is 35.5. The standard InChI is InChI=1S/C10H9Cl2NO2/c1-3-8(14)13-7-4-6(11)5(2)9(12)10(7)15/h3-4,15H,1H2,2H3,(H,13,14). The second kappa shape index (κ2) is 4.55. The molecule has 1 rings (SSSR count). The smallest absolute Gasteiger partial charge is 0.247 e. The summed E-state index contributed by atoms with van der Waals surface area (Å²) in [4.78, 5) is 11.0. The highest BCUT2D eigenvalue weighted by Crippen LogP contribution is 2.38. The second-order valence-corrected chi connectivity index (χ2v) is 3.67. The van der Waals surface area contributed by atoms with Gasteiger partial charge >= 0.3 is 0 Å². The third kappa shape index (κ3) is 2.43. The molecule has 3 nitrogen and oxygen atoms in total. The van der Waals surface area contributed by atoms with Crippen molar-refractivity contribution in [3.05, 3.63) is 34.3 Å². The Morgan fingerprint density at radius 1 is 1.60 bits per heavy atom. The Kier molecular flexibility index (Phi) is 3.61. The van der Waals surface area contributed by atoms with E-state index in [1.165, 1.54) is 6.07 Å². The molecule has 0 aromatic heterocycles. The van der Waals surface area contributed by atoms with Gasteiger partial charge in [0.25, 0.3) is 0 Å². The van der Waals surface area contributed by atoms with Gasteiger partial charge in [0.2, 0.25) is 5.91 Å². The molecule has 1 amide bonds. The highest BCUT2D eigenvalue weighted by Gasteiger charge is 2.13. The molecule has 1 aromatic carbocycles. The first-order valence-electron chi connectivity index (χ1n) is 4.08. The molecule has 0 aliphatic heterocycles. The number of amides is 1. The lowest BCUT2D eigenvalue weighted by molar-refractivity contribution is -0.111. The molecule has 0 aliphatic rings. The number of carbonyl (C=O) groups is 1. The topological polar surface area (TPSA) is 49.3 Å². The first-order valence-corrected chi connectivity index (χ1v) is 4.84. The number of hydrogen-bond donors (Lipinski definition) is 2. The monoisotopic (exact) mass is 245 g/mol. The Morgan fingerprint density at radius 3 is 2.73 bits per heavy atom. The molecule has 80 valence electrons. The summed E-state index contributed by atoms with van der Waals surface area (Å²) in [6.07, 6.45) is 1.08. The molecule has 0 bridgehead atoms. The average molecular weight is 246 g/mol. The summed E-state index contributed by atoms with van der Waals surface area (Å²) in [5, 5.41) is 12.5. The summed E-state index contributed by atoms with van der Waals surface area (Å²) < 4.78 is 0. The van der Waals surface area contributed by atoms with Gasteiger partial charge in [-0.1, -0.05) is 29.8 Å². The van der Waals surface area contributed by atoms with Crippen LogP contribution in [0.4, 0.5) is 5.69 Å². The van der Waals surface area contributed by atoms with Gasteiger partial charge in [0, 0.05) is 5.02 Å². The quantitative estimate of drug-likeness (QED) is 0.622. The van der Waals surface area contributed by atoms with Crippen LogP contribution in [0.1, 0.15) is 5.56 Å². The van der Waals surface area contributed by atoms with Gasteiger partial charge in [-0.05, 0) is 24.6 Å². The fourth-order valence-electron chi connectivity index (χ4n) is 0.983. The maximum absolute atomic E-state index is 11.0. The molecule has 0 fully saturated rings. The van der Waals surface area contributed by atoms with Crippen LogP contribution >= 0.6 is 23.2 Å². The second-order valence-electron chi connectivity index (χ2n) is 2.89. The Hall–Kier alpha value is -1.19. The maximum Gasteiger partial charge on any atom is 0.247 e. The van der Waals surface area contributed by atoms with E-state index < -0.39 is 5.91 Å². The largest absolute Gasteiger partial charge is 0.504 e. The molecule has 0 saturated heterocycles. The normalized spacial score (nSPS) is 9.80. The molecule has 1 aromatic rings. The Morgan fingerprint density at radius 2 is 2.20 bits per heavy atom. The van der Waals surface area contributed by atoms with Gasteiger partial charge in [-0.3, -0.25) is 4.79 Å². The number of halogens is 2. The molecule has 0 heterocycles. The van der Waals surface area contributed by atoms with E-state index in [1.807, 2.05) is 0 Å². The minimum Gasteiger partial charge on any atom is -0.504 e. The number of rotatable bonds is 2. The summed E-state index contributed by atoms with van der Waals surface area (Å²) in [5.74, 6) is -0.643. The molecule has 15 heavy (non-hydrogen) atoms. The molecule has 0 atom stereocenters. The van der Waals surface area contributed by atoms with Crippen molar-refractivity contribution >= 4 is 34.8 Å². The third-order valence-corrected chi connectivity index (χ3v) is 2.72. The van der Waals surface area contributed by atoms with E-state index in [9.17, 15) is 9.90 Å². The maximum atomic E-state index is 11.0. The SMILES string of the molecule is C=CC(=O)Nc1cc(Cl)c(C)c(Cl)c1O. The molecule has 0 aliphatic carbocycles. The molecule has 0 unspecified atom stereocenters. The van der Waals surface area contributed by atoms with Crippen LogP contribution in [-0.4, -0.2) is 11.0 Å². The average Bonchev–Trinajstić information content (AvgIpc) is 2.22. The highest BCUT2D eigenvalue weighted by molar-refractivity contribution is 6.37. The zero-order valence-corrected chi connectivity index (χ0v) is 9.49. The van der Waals surface area contributed by atoms with E-state index in [4.69, 9.17) is 23.2 Å². The lowest BCUT2D eigenvalue weighted by Gasteiger charge is -2.10. The van der Waals surface area contributed by atoms with Crippen molar-refractivity contribution in [2.45, 2.75) is 6.92 Å².